The molecule has 0 bridgehead atoms. The molecule has 1 aromatic rings. The molecule has 5 heteroatoms. The summed E-state index contributed by atoms with van der Waals surface area (Å²) < 4.78 is 24.5. The average Bonchev–Trinajstić information content (AvgIpc) is 2.55. The number of rotatable bonds is 3. The van der Waals surface area contributed by atoms with E-state index in [0.29, 0.717) is 6.54 Å². The predicted octanol–water partition coefficient (Wildman–Crippen LogP) is 2.52. The van der Waals surface area contributed by atoms with Crippen molar-refractivity contribution in [2.45, 2.75) is 58.9 Å². The number of aromatic nitrogens is 2. The van der Waals surface area contributed by atoms with Crippen molar-refractivity contribution in [1.82, 2.24) is 9.78 Å². The molecular formula is C14H26N2O2S. The Labute approximate surface area is 117 Å². The second-order valence-electron chi connectivity index (χ2n) is 7.27. The second kappa shape index (κ2) is 4.93. The topological polar surface area (TPSA) is 52.0 Å². The summed E-state index contributed by atoms with van der Waals surface area (Å²) >= 11 is 0. The Bertz CT molecular complexity index is 543. The fourth-order valence-electron chi connectivity index (χ4n) is 1.81. The zero-order valence-electron chi connectivity index (χ0n) is 13.1. The van der Waals surface area contributed by atoms with Crippen molar-refractivity contribution < 1.29 is 8.42 Å². The van der Waals surface area contributed by atoms with Gasteiger partial charge in [-0.2, -0.15) is 5.10 Å². The standard InChI is InChI=1S/C14H26N2O2S/c1-13(2,3)11-10-12(14(4,5)6)16(15-11)8-9-19(7,17)18/h10H,8-9H2,1-7H3. The van der Waals surface area contributed by atoms with Crippen LogP contribution in [-0.4, -0.2) is 30.2 Å². The maximum atomic E-state index is 11.3. The molecule has 0 spiro atoms. The van der Waals surface area contributed by atoms with Gasteiger partial charge >= 0.3 is 0 Å². The maximum absolute atomic E-state index is 11.3. The van der Waals surface area contributed by atoms with Gasteiger partial charge in [0, 0.05) is 22.8 Å². The highest BCUT2D eigenvalue weighted by molar-refractivity contribution is 7.90. The van der Waals surface area contributed by atoms with E-state index in [4.69, 9.17) is 0 Å². The van der Waals surface area contributed by atoms with Crippen LogP contribution >= 0.6 is 0 Å². The Morgan fingerprint density at radius 1 is 1.11 bits per heavy atom. The Hall–Kier alpha value is -0.840. The zero-order chi connectivity index (χ0) is 15.1. The Kier molecular flexibility index (Phi) is 4.20. The lowest BCUT2D eigenvalue weighted by molar-refractivity contribution is 0.486. The summed E-state index contributed by atoms with van der Waals surface area (Å²) in [7, 11) is -2.97. The van der Waals surface area contributed by atoms with Gasteiger partial charge in [-0.15, -0.1) is 0 Å². The number of nitrogens with zero attached hydrogens (tertiary/aromatic N) is 2. The van der Waals surface area contributed by atoms with Crippen molar-refractivity contribution in [2.24, 2.45) is 0 Å². The summed E-state index contributed by atoms with van der Waals surface area (Å²) in [5, 5.41) is 4.60. The van der Waals surface area contributed by atoms with Gasteiger partial charge in [0.25, 0.3) is 0 Å². The zero-order valence-corrected chi connectivity index (χ0v) is 13.9. The van der Waals surface area contributed by atoms with E-state index in [1.807, 2.05) is 4.68 Å². The van der Waals surface area contributed by atoms with Gasteiger partial charge in [-0.05, 0) is 6.07 Å². The first-order valence-electron chi connectivity index (χ1n) is 6.57. The van der Waals surface area contributed by atoms with Crippen molar-refractivity contribution in [3.8, 4) is 0 Å². The SMILES string of the molecule is CC(C)(C)c1cc(C(C)(C)C)n(CCS(C)(=O)=O)n1. The van der Waals surface area contributed by atoms with E-state index in [-0.39, 0.29) is 16.6 Å². The van der Waals surface area contributed by atoms with Gasteiger partial charge in [-0.1, -0.05) is 41.5 Å². The van der Waals surface area contributed by atoms with Crippen molar-refractivity contribution in [1.29, 1.82) is 0 Å². The molecule has 0 unspecified atom stereocenters. The maximum Gasteiger partial charge on any atom is 0.149 e. The Balaban J connectivity index is 3.18. The molecule has 1 rings (SSSR count). The largest absolute Gasteiger partial charge is 0.268 e. The molecule has 0 aliphatic heterocycles. The minimum absolute atomic E-state index is 0.0314. The van der Waals surface area contributed by atoms with Crippen molar-refractivity contribution in [3.63, 3.8) is 0 Å². The summed E-state index contributed by atoms with van der Waals surface area (Å²) in [6, 6.07) is 2.10. The molecule has 1 heterocycles. The van der Waals surface area contributed by atoms with Gasteiger partial charge in [0.1, 0.15) is 9.84 Å². The van der Waals surface area contributed by atoms with Gasteiger partial charge in [0.2, 0.25) is 0 Å². The van der Waals surface area contributed by atoms with Crippen LogP contribution in [0.15, 0.2) is 6.07 Å². The quantitative estimate of drug-likeness (QED) is 0.858. The molecule has 0 radical (unpaired) electrons. The van der Waals surface area contributed by atoms with Gasteiger partial charge in [-0.25, -0.2) is 8.42 Å². The highest BCUT2D eigenvalue weighted by atomic mass is 32.2. The summed E-state index contributed by atoms with van der Waals surface area (Å²) in [5.41, 5.74) is 2.01. The second-order valence-corrected chi connectivity index (χ2v) is 9.53. The van der Waals surface area contributed by atoms with E-state index in [1.54, 1.807) is 0 Å². The first-order chi connectivity index (χ1) is 8.31. The van der Waals surface area contributed by atoms with Crippen LogP contribution in [0.4, 0.5) is 0 Å². The minimum Gasteiger partial charge on any atom is -0.268 e. The molecule has 0 aliphatic carbocycles. The summed E-state index contributed by atoms with van der Waals surface area (Å²) in [4.78, 5) is 0. The van der Waals surface area contributed by atoms with E-state index in [1.165, 1.54) is 6.26 Å². The lowest BCUT2D eigenvalue weighted by Gasteiger charge is -2.20. The third-order valence-electron chi connectivity index (χ3n) is 2.99. The van der Waals surface area contributed by atoms with Gasteiger partial charge in [0.15, 0.2) is 0 Å². The smallest absolute Gasteiger partial charge is 0.149 e. The highest BCUT2D eigenvalue weighted by Crippen LogP contribution is 2.28. The van der Waals surface area contributed by atoms with E-state index in [9.17, 15) is 8.42 Å². The van der Waals surface area contributed by atoms with Crippen molar-refractivity contribution >= 4 is 9.84 Å². The normalized spacial score (nSPS) is 13.8. The monoisotopic (exact) mass is 286 g/mol. The number of hydrogen-bond acceptors (Lipinski definition) is 3. The van der Waals surface area contributed by atoms with Crippen LogP contribution in [0.5, 0.6) is 0 Å². The van der Waals surface area contributed by atoms with E-state index >= 15 is 0 Å². The molecule has 110 valence electrons. The molecule has 0 fully saturated rings. The number of hydrogen-bond donors (Lipinski definition) is 0. The van der Waals surface area contributed by atoms with E-state index in [0.717, 1.165) is 11.4 Å². The van der Waals surface area contributed by atoms with Crippen molar-refractivity contribution in [3.05, 3.63) is 17.5 Å². The molecule has 1 aromatic heterocycles. The fraction of sp³-hybridized carbons (Fsp3) is 0.786. The molecule has 0 atom stereocenters. The summed E-state index contributed by atoms with van der Waals surface area (Å²) in [5.74, 6) is 0.126. The fourth-order valence-corrected chi connectivity index (χ4v) is 2.31. The molecule has 0 saturated carbocycles. The van der Waals surface area contributed by atoms with Crippen molar-refractivity contribution in [2.75, 3.05) is 12.0 Å². The van der Waals surface area contributed by atoms with Crippen LogP contribution in [0.3, 0.4) is 0 Å². The molecular weight excluding hydrogens is 260 g/mol. The number of sulfone groups is 1. The third kappa shape index (κ3) is 4.64. The first-order valence-corrected chi connectivity index (χ1v) is 8.63. The Morgan fingerprint density at radius 2 is 1.63 bits per heavy atom. The van der Waals surface area contributed by atoms with E-state index < -0.39 is 9.84 Å². The molecule has 0 amide bonds. The first kappa shape index (κ1) is 16.2. The lowest BCUT2D eigenvalue weighted by Crippen LogP contribution is -2.21. The molecule has 0 aromatic carbocycles. The van der Waals surface area contributed by atoms with Gasteiger partial charge in [-0.3, -0.25) is 4.68 Å². The van der Waals surface area contributed by atoms with Gasteiger partial charge in [0.05, 0.1) is 18.0 Å². The van der Waals surface area contributed by atoms with Crippen LogP contribution < -0.4 is 0 Å². The lowest BCUT2D eigenvalue weighted by atomic mass is 9.88. The van der Waals surface area contributed by atoms with Gasteiger partial charge < -0.3 is 0 Å². The molecule has 0 saturated heterocycles. The number of aryl methyl sites for hydroxylation is 1. The summed E-state index contributed by atoms with van der Waals surface area (Å²) in [6.07, 6.45) is 1.26. The predicted molar refractivity (Wildman–Crippen MR) is 79.3 cm³/mol. The summed E-state index contributed by atoms with van der Waals surface area (Å²) in [6.45, 7) is 13.1. The van der Waals surface area contributed by atoms with Crippen LogP contribution in [-0.2, 0) is 27.2 Å². The molecule has 0 N–H and O–H groups in total. The van der Waals surface area contributed by atoms with Crippen LogP contribution in [0.25, 0.3) is 0 Å². The molecule has 19 heavy (non-hydrogen) atoms. The minimum atomic E-state index is -2.97. The van der Waals surface area contributed by atoms with E-state index in [2.05, 4.69) is 52.7 Å². The van der Waals surface area contributed by atoms with Crippen LogP contribution in [0.1, 0.15) is 52.9 Å². The van der Waals surface area contributed by atoms with Crippen LogP contribution in [0, 0.1) is 0 Å². The molecule has 4 nitrogen and oxygen atoms in total. The Morgan fingerprint density at radius 3 is 2.00 bits per heavy atom. The van der Waals surface area contributed by atoms with Crippen LogP contribution in [0.2, 0.25) is 0 Å². The highest BCUT2D eigenvalue weighted by Gasteiger charge is 2.25. The molecule has 0 aliphatic rings. The average molecular weight is 286 g/mol. The third-order valence-corrected chi connectivity index (χ3v) is 3.91.